The van der Waals surface area contributed by atoms with Gasteiger partial charge in [-0.1, -0.05) is 43.2 Å². The Morgan fingerprint density at radius 2 is 1.89 bits per heavy atom. The Hall–Kier alpha value is -0.860. The molecule has 2 N–H and O–H groups in total. The van der Waals surface area contributed by atoms with Crippen LogP contribution in [0.4, 0.5) is 0 Å². The Morgan fingerprint density at radius 3 is 2.61 bits per heavy atom. The maximum absolute atomic E-state index is 10.9. The molecule has 1 saturated carbocycles. The van der Waals surface area contributed by atoms with Crippen LogP contribution in [0.15, 0.2) is 30.3 Å². The lowest BCUT2D eigenvalue weighted by atomic mass is 9.81. The van der Waals surface area contributed by atoms with E-state index >= 15 is 0 Å². The van der Waals surface area contributed by atoms with Crippen LogP contribution in [0.1, 0.15) is 44.6 Å². The zero-order valence-electron chi connectivity index (χ0n) is 11.1. The third kappa shape index (κ3) is 2.08. The number of rotatable bonds is 2. The van der Waals surface area contributed by atoms with Crippen molar-refractivity contribution < 1.29 is 5.11 Å². The van der Waals surface area contributed by atoms with E-state index in [2.05, 4.69) is 5.32 Å². The lowest BCUT2D eigenvalue weighted by Gasteiger charge is -2.31. The summed E-state index contributed by atoms with van der Waals surface area (Å²) in [6.07, 6.45) is 6.44. The molecule has 1 saturated heterocycles. The van der Waals surface area contributed by atoms with Gasteiger partial charge in [0.05, 0.1) is 0 Å². The van der Waals surface area contributed by atoms with Gasteiger partial charge < -0.3 is 10.4 Å². The highest BCUT2D eigenvalue weighted by molar-refractivity contribution is 5.24. The van der Waals surface area contributed by atoms with Gasteiger partial charge in [-0.05, 0) is 37.7 Å². The molecule has 0 aromatic heterocycles. The van der Waals surface area contributed by atoms with Gasteiger partial charge in [0.15, 0.2) is 0 Å². The Balaban J connectivity index is 1.79. The van der Waals surface area contributed by atoms with Gasteiger partial charge in [-0.3, -0.25) is 0 Å². The van der Waals surface area contributed by atoms with Crippen LogP contribution >= 0.6 is 0 Å². The van der Waals surface area contributed by atoms with Crippen LogP contribution in [0.5, 0.6) is 0 Å². The molecule has 2 aliphatic rings. The minimum atomic E-state index is -0.751. The third-order valence-corrected chi connectivity index (χ3v) is 4.90. The standard InChI is InChI=1S/C16H23NO/c1-16(18,13-8-3-2-4-9-13)15-11-12-7-5-6-10-14(12)17-15/h2-4,8-9,12,14-15,17-18H,5-7,10-11H2,1H3/t12?,14?,15?,16-/m1/s1. The van der Waals surface area contributed by atoms with E-state index in [0.717, 1.165) is 17.9 Å². The Labute approximate surface area is 109 Å². The summed E-state index contributed by atoms with van der Waals surface area (Å²) >= 11 is 0. The molecule has 2 heteroatoms. The fourth-order valence-electron chi connectivity index (χ4n) is 3.71. The number of hydrogen-bond donors (Lipinski definition) is 2. The van der Waals surface area contributed by atoms with Gasteiger partial charge in [0, 0.05) is 12.1 Å². The average Bonchev–Trinajstić information content (AvgIpc) is 2.84. The smallest absolute Gasteiger partial charge is 0.102 e. The van der Waals surface area contributed by atoms with Crippen molar-refractivity contribution in [3.8, 4) is 0 Å². The molecule has 1 heterocycles. The van der Waals surface area contributed by atoms with Crippen molar-refractivity contribution in [2.24, 2.45) is 5.92 Å². The van der Waals surface area contributed by atoms with Crippen molar-refractivity contribution in [2.75, 3.05) is 0 Å². The second kappa shape index (κ2) is 4.67. The van der Waals surface area contributed by atoms with E-state index in [4.69, 9.17) is 0 Å². The Morgan fingerprint density at radius 1 is 1.17 bits per heavy atom. The summed E-state index contributed by atoms with van der Waals surface area (Å²) in [6.45, 7) is 1.96. The van der Waals surface area contributed by atoms with Gasteiger partial charge in [-0.15, -0.1) is 0 Å². The first kappa shape index (κ1) is 12.2. The summed E-state index contributed by atoms with van der Waals surface area (Å²) in [6, 6.07) is 10.9. The summed E-state index contributed by atoms with van der Waals surface area (Å²) < 4.78 is 0. The van der Waals surface area contributed by atoms with Gasteiger partial charge in [0.2, 0.25) is 0 Å². The zero-order valence-corrected chi connectivity index (χ0v) is 11.1. The molecule has 3 unspecified atom stereocenters. The first-order valence-corrected chi connectivity index (χ1v) is 7.22. The summed E-state index contributed by atoms with van der Waals surface area (Å²) in [5.74, 6) is 0.777. The number of fused-ring (bicyclic) bond motifs is 1. The van der Waals surface area contributed by atoms with Gasteiger partial charge in [0.25, 0.3) is 0 Å². The molecular formula is C16H23NO. The zero-order chi connectivity index (χ0) is 12.6. The van der Waals surface area contributed by atoms with Crippen LogP contribution in [0.25, 0.3) is 0 Å². The lowest BCUT2D eigenvalue weighted by Crippen LogP contribution is -2.45. The summed E-state index contributed by atoms with van der Waals surface area (Å²) in [5.41, 5.74) is 0.277. The van der Waals surface area contributed by atoms with E-state index in [-0.39, 0.29) is 6.04 Å². The molecule has 1 aliphatic carbocycles. The van der Waals surface area contributed by atoms with E-state index in [1.807, 2.05) is 37.3 Å². The van der Waals surface area contributed by atoms with E-state index in [1.165, 1.54) is 25.7 Å². The van der Waals surface area contributed by atoms with Gasteiger partial charge in [-0.2, -0.15) is 0 Å². The molecule has 1 aliphatic heterocycles. The van der Waals surface area contributed by atoms with Crippen molar-refractivity contribution in [3.63, 3.8) is 0 Å². The van der Waals surface area contributed by atoms with Gasteiger partial charge in [0.1, 0.15) is 5.60 Å². The van der Waals surface area contributed by atoms with E-state index in [1.54, 1.807) is 0 Å². The SMILES string of the molecule is C[C@@](O)(c1ccccc1)C1CC2CCCCC2N1. The molecule has 2 nitrogen and oxygen atoms in total. The molecule has 18 heavy (non-hydrogen) atoms. The van der Waals surface area contributed by atoms with Crippen LogP contribution in [-0.4, -0.2) is 17.2 Å². The van der Waals surface area contributed by atoms with Crippen LogP contribution in [0.2, 0.25) is 0 Å². The summed E-state index contributed by atoms with van der Waals surface area (Å²) in [4.78, 5) is 0. The second-order valence-electron chi connectivity index (χ2n) is 6.12. The molecule has 0 bridgehead atoms. The topological polar surface area (TPSA) is 32.3 Å². The summed E-state index contributed by atoms with van der Waals surface area (Å²) in [7, 11) is 0. The number of benzene rings is 1. The van der Waals surface area contributed by atoms with E-state index < -0.39 is 5.60 Å². The number of hydrogen-bond acceptors (Lipinski definition) is 2. The normalized spacial score (nSPS) is 34.9. The predicted octanol–water partition coefficient (Wildman–Crippen LogP) is 2.81. The molecule has 1 aromatic carbocycles. The highest BCUT2D eigenvalue weighted by Crippen LogP contribution is 2.39. The monoisotopic (exact) mass is 245 g/mol. The van der Waals surface area contributed by atoms with Crippen molar-refractivity contribution in [2.45, 2.75) is 56.7 Å². The molecule has 0 radical (unpaired) electrons. The lowest BCUT2D eigenvalue weighted by molar-refractivity contribution is 0.0196. The third-order valence-electron chi connectivity index (χ3n) is 4.90. The first-order valence-electron chi connectivity index (χ1n) is 7.22. The molecule has 1 aromatic rings. The fourth-order valence-corrected chi connectivity index (χ4v) is 3.71. The predicted molar refractivity (Wildman–Crippen MR) is 73.3 cm³/mol. The highest BCUT2D eigenvalue weighted by Gasteiger charge is 2.43. The van der Waals surface area contributed by atoms with Crippen LogP contribution in [0.3, 0.4) is 0 Å². The minimum absolute atomic E-state index is 0.202. The average molecular weight is 245 g/mol. The van der Waals surface area contributed by atoms with Gasteiger partial charge >= 0.3 is 0 Å². The van der Waals surface area contributed by atoms with Crippen LogP contribution < -0.4 is 5.32 Å². The first-order chi connectivity index (χ1) is 8.68. The van der Waals surface area contributed by atoms with Crippen molar-refractivity contribution in [3.05, 3.63) is 35.9 Å². The van der Waals surface area contributed by atoms with Crippen molar-refractivity contribution in [1.29, 1.82) is 0 Å². The van der Waals surface area contributed by atoms with Gasteiger partial charge in [-0.25, -0.2) is 0 Å². The highest BCUT2D eigenvalue weighted by atomic mass is 16.3. The Kier molecular flexibility index (Phi) is 3.16. The molecule has 3 rings (SSSR count). The molecule has 2 fully saturated rings. The molecule has 0 amide bonds. The fraction of sp³-hybridized carbons (Fsp3) is 0.625. The number of aliphatic hydroxyl groups is 1. The quantitative estimate of drug-likeness (QED) is 0.839. The maximum Gasteiger partial charge on any atom is 0.102 e. The largest absolute Gasteiger partial charge is 0.384 e. The number of nitrogens with one attached hydrogen (secondary N) is 1. The molecule has 0 spiro atoms. The Bertz CT molecular complexity index is 387. The molecule has 98 valence electrons. The maximum atomic E-state index is 10.9. The van der Waals surface area contributed by atoms with E-state index in [9.17, 15) is 5.11 Å². The molecular weight excluding hydrogens is 222 g/mol. The molecule has 4 atom stereocenters. The van der Waals surface area contributed by atoms with Crippen molar-refractivity contribution in [1.82, 2.24) is 5.32 Å². The van der Waals surface area contributed by atoms with Crippen molar-refractivity contribution >= 4 is 0 Å². The second-order valence-corrected chi connectivity index (χ2v) is 6.12. The van der Waals surface area contributed by atoms with Crippen LogP contribution in [-0.2, 0) is 5.60 Å². The van der Waals surface area contributed by atoms with Crippen LogP contribution in [0, 0.1) is 5.92 Å². The minimum Gasteiger partial charge on any atom is -0.384 e. The summed E-state index contributed by atoms with van der Waals surface area (Å²) in [5, 5.41) is 14.6. The van der Waals surface area contributed by atoms with E-state index in [0.29, 0.717) is 6.04 Å².